The number of aromatic nitrogens is 3. The van der Waals surface area contributed by atoms with Gasteiger partial charge in [0, 0.05) is 24.6 Å². The van der Waals surface area contributed by atoms with Crippen LogP contribution in [0.25, 0.3) is 11.0 Å². The molecule has 0 aliphatic carbocycles. The van der Waals surface area contributed by atoms with Crippen molar-refractivity contribution >= 4 is 22.7 Å². The molecule has 2 aromatic carbocycles. The largest absolute Gasteiger partial charge is 0.339 e. The molecule has 27 heavy (non-hydrogen) atoms. The van der Waals surface area contributed by atoms with E-state index in [-0.39, 0.29) is 11.5 Å². The van der Waals surface area contributed by atoms with Gasteiger partial charge in [0.05, 0.1) is 5.56 Å². The van der Waals surface area contributed by atoms with Gasteiger partial charge >= 0.3 is 0 Å². The van der Waals surface area contributed by atoms with Crippen molar-refractivity contribution < 1.29 is 18.4 Å². The third kappa shape index (κ3) is 3.30. The first-order chi connectivity index (χ1) is 13.0. The molecule has 1 N–H and O–H groups in total. The standard InChI is InChI=1S/C19H16F2N4O2/c20-13-2-3-15(21)14(10-13)18(26)11-5-7-25(8-6-11)19(27)12-1-4-16-17(9-12)23-24-22-16/h1-4,9-11H,5-8H2,(H,22,23,24). The summed E-state index contributed by atoms with van der Waals surface area (Å²) in [6.07, 6.45) is 0.819. The van der Waals surface area contributed by atoms with Crippen LogP contribution in [0.5, 0.6) is 0 Å². The number of hydrogen-bond acceptors (Lipinski definition) is 4. The predicted molar refractivity (Wildman–Crippen MR) is 93.2 cm³/mol. The second-order valence-electron chi connectivity index (χ2n) is 6.58. The van der Waals surface area contributed by atoms with E-state index in [1.165, 1.54) is 0 Å². The van der Waals surface area contributed by atoms with Crippen LogP contribution in [0, 0.1) is 17.6 Å². The highest BCUT2D eigenvalue weighted by molar-refractivity contribution is 5.99. The first kappa shape index (κ1) is 17.3. The van der Waals surface area contributed by atoms with Crippen LogP contribution in [-0.4, -0.2) is 45.1 Å². The highest BCUT2D eigenvalue weighted by Gasteiger charge is 2.30. The summed E-state index contributed by atoms with van der Waals surface area (Å²) in [6, 6.07) is 7.95. The number of amides is 1. The third-order valence-electron chi connectivity index (χ3n) is 4.91. The number of carbonyl (C=O) groups is 2. The summed E-state index contributed by atoms with van der Waals surface area (Å²) >= 11 is 0. The molecule has 6 nitrogen and oxygen atoms in total. The summed E-state index contributed by atoms with van der Waals surface area (Å²) < 4.78 is 27.2. The summed E-state index contributed by atoms with van der Waals surface area (Å²) in [7, 11) is 0. The van der Waals surface area contributed by atoms with Crippen molar-refractivity contribution in [2.45, 2.75) is 12.8 Å². The van der Waals surface area contributed by atoms with Gasteiger partial charge in [-0.25, -0.2) is 8.78 Å². The van der Waals surface area contributed by atoms with Crippen LogP contribution in [0.1, 0.15) is 33.6 Å². The molecular formula is C19H16F2N4O2. The Hall–Kier alpha value is -3.16. The van der Waals surface area contributed by atoms with Gasteiger partial charge in [-0.05, 0) is 49.2 Å². The average molecular weight is 370 g/mol. The van der Waals surface area contributed by atoms with E-state index in [0.29, 0.717) is 42.5 Å². The lowest BCUT2D eigenvalue weighted by molar-refractivity contribution is 0.0649. The normalized spacial score (nSPS) is 15.3. The summed E-state index contributed by atoms with van der Waals surface area (Å²) in [4.78, 5) is 26.9. The maximum Gasteiger partial charge on any atom is 0.253 e. The molecule has 1 aliphatic heterocycles. The summed E-state index contributed by atoms with van der Waals surface area (Å²) in [6.45, 7) is 0.756. The number of fused-ring (bicyclic) bond motifs is 1. The minimum absolute atomic E-state index is 0.150. The fourth-order valence-corrected chi connectivity index (χ4v) is 3.41. The first-order valence-corrected chi connectivity index (χ1v) is 8.62. The molecule has 4 rings (SSSR count). The zero-order valence-electron chi connectivity index (χ0n) is 14.3. The van der Waals surface area contributed by atoms with E-state index in [1.54, 1.807) is 23.1 Å². The lowest BCUT2D eigenvalue weighted by Crippen LogP contribution is -2.40. The van der Waals surface area contributed by atoms with Gasteiger partial charge in [-0.15, -0.1) is 0 Å². The van der Waals surface area contributed by atoms with E-state index in [2.05, 4.69) is 15.4 Å². The molecule has 0 unspecified atom stereocenters. The molecule has 138 valence electrons. The van der Waals surface area contributed by atoms with Crippen molar-refractivity contribution in [1.29, 1.82) is 0 Å². The lowest BCUT2D eigenvalue weighted by Gasteiger charge is -2.31. The summed E-state index contributed by atoms with van der Waals surface area (Å²) in [5, 5.41) is 10.4. The number of nitrogens with zero attached hydrogens (tertiary/aromatic N) is 3. The van der Waals surface area contributed by atoms with Crippen LogP contribution < -0.4 is 0 Å². The molecule has 0 radical (unpaired) electrons. The number of likely N-dealkylation sites (tertiary alicyclic amines) is 1. The van der Waals surface area contributed by atoms with Gasteiger partial charge in [-0.2, -0.15) is 15.4 Å². The molecular weight excluding hydrogens is 354 g/mol. The Balaban J connectivity index is 1.44. The Kier molecular flexibility index (Phi) is 4.39. The highest BCUT2D eigenvalue weighted by Crippen LogP contribution is 2.25. The second kappa shape index (κ2) is 6.86. The SMILES string of the molecule is O=C(c1cc(F)ccc1F)C1CCN(C(=O)c2ccc3n[nH]nc3c2)CC1. The molecule has 0 atom stereocenters. The molecule has 0 saturated carbocycles. The summed E-state index contributed by atoms with van der Waals surface area (Å²) in [5.41, 5.74) is 1.55. The van der Waals surface area contributed by atoms with E-state index in [0.717, 1.165) is 18.2 Å². The van der Waals surface area contributed by atoms with Crippen molar-refractivity contribution in [3.05, 3.63) is 59.2 Å². The van der Waals surface area contributed by atoms with Crippen molar-refractivity contribution in [3.63, 3.8) is 0 Å². The number of ketones is 1. The molecule has 3 aromatic rings. The van der Waals surface area contributed by atoms with Gasteiger partial charge in [-0.1, -0.05) is 0 Å². The summed E-state index contributed by atoms with van der Waals surface area (Å²) in [5.74, 6) is -2.36. The number of Topliss-reactive ketones (excluding diaryl/α,β-unsaturated/α-hetero) is 1. The van der Waals surface area contributed by atoms with Gasteiger partial charge in [0.25, 0.3) is 5.91 Å². The molecule has 8 heteroatoms. The molecule has 1 saturated heterocycles. The fraction of sp³-hybridized carbons (Fsp3) is 0.263. The monoisotopic (exact) mass is 370 g/mol. The van der Waals surface area contributed by atoms with E-state index in [9.17, 15) is 18.4 Å². The molecule has 0 bridgehead atoms. The molecule has 1 amide bonds. The van der Waals surface area contributed by atoms with Gasteiger partial charge in [-0.3, -0.25) is 9.59 Å². The Morgan fingerprint density at radius 2 is 1.74 bits per heavy atom. The van der Waals surface area contributed by atoms with Crippen molar-refractivity contribution in [3.8, 4) is 0 Å². The van der Waals surface area contributed by atoms with Gasteiger partial charge in [0.1, 0.15) is 22.7 Å². The minimum atomic E-state index is -0.721. The molecule has 1 aliphatic rings. The Morgan fingerprint density at radius 3 is 2.52 bits per heavy atom. The Labute approximate surface area is 153 Å². The smallest absolute Gasteiger partial charge is 0.253 e. The topological polar surface area (TPSA) is 79.0 Å². The molecule has 1 aromatic heterocycles. The average Bonchev–Trinajstić information content (AvgIpc) is 3.16. The number of piperidine rings is 1. The lowest BCUT2D eigenvalue weighted by atomic mass is 9.88. The van der Waals surface area contributed by atoms with Crippen LogP contribution >= 0.6 is 0 Å². The van der Waals surface area contributed by atoms with Crippen LogP contribution in [0.4, 0.5) is 8.78 Å². The quantitative estimate of drug-likeness (QED) is 0.719. The maximum absolute atomic E-state index is 13.8. The number of hydrogen-bond donors (Lipinski definition) is 1. The van der Waals surface area contributed by atoms with Crippen LogP contribution in [0.15, 0.2) is 36.4 Å². The minimum Gasteiger partial charge on any atom is -0.339 e. The molecule has 0 spiro atoms. The van der Waals surface area contributed by atoms with Gasteiger partial charge < -0.3 is 4.90 Å². The number of H-pyrrole nitrogens is 1. The molecule has 2 heterocycles. The number of nitrogens with one attached hydrogen (secondary N) is 1. The third-order valence-corrected chi connectivity index (χ3v) is 4.91. The van der Waals surface area contributed by atoms with Crippen molar-refractivity contribution in [2.75, 3.05) is 13.1 Å². The predicted octanol–water partition coefficient (Wildman–Crippen LogP) is 2.97. The first-order valence-electron chi connectivity index (χ1n) is 8.62. The van der Waals surface area contributed by atoms with Crippen LogP contribution in [0.3, 0.4) is 0 Å². The number of aromatic amines is 1. The zero-order chi connectivity index (χ0) is 19.0. The fourth-order valence-electron chi connectivity index (χ4n) is 3.41. The second-order valence-corrected chi connectivity index (χ2v) is 6.58. The Morgan fingerprint density at radius 1 is 1.00 bits per heavy atom. The van der Waals surface area contributed by atoms with Gasteiger partial charge in [0.15, 0.2) is 5.78 Å². The maximum atomic E-state index is 13.8. The number of benzene rings is 2. The highest BCUT2D eigenvalue weighted by atomic mass is 19.1. The number of halogens is 2. The van der Waals surface area contributed by atoms with Crippen molar-refractivity contribution in [1.82, 2.24) is 20.3 Å². The number of carbonyl (C=O) groups excluding carboxylic acids is 2. The van der Waals surface area contributed by atoms with Crippen LogP contribution in [0.2, 0.25) is 0 Å². The molecule has 1 fully saturated rings. The van der Waals surface area contributed by atoms with Crippen LogP contribution in [-0.2, 0) is 0 Å². The van der Waals surface area contributed by atoms with Gasteiger partial charge in [0.2, 0.25) is 0 Å². The van der Waals surface area contributed by atoms with E-state index in [4.69, 9.17) is 0 Å². The van der Waals surface area contributed by atoms with Crippen molar-refractivity contribution in [2.24, 2.45) is 5.92 Å². The number of rotatable bonds is 3. The van der Waals surface area contributed by atoms with E-state index < -0.39 is 23.3 Å². The van der Waals surface area contributed by atoms with E-state index in [1.807, 2.05) is 0 Å². The Bertz CT molecular complexity index is 1030. The zero-order valence-corrected chi connectivity index (χ0v) is 14.3. The van der Waals surface area contributed by atoms with E-state index >= 15 is 0 Å².